The average molecular weight is 416 g/mol. The van der Waals surface area contributed by atoms with Crippen LogP contribution in [0.5, 0.6) is 0 Å². The molecule has 0 aromatic rings. The third-order valence-corrected chi connectivity index (χ3v) is 4.37. The molecule has 2 rings (SSSR count). The topological polar surface area (TPSA) is 138 Å². The van der Waals surface area contributed by atoms with Gasteiger partial charge in [0.05, 0.1) is 13.2 Å². The van der Waals surface area contributed by atoms with Gasteiger partial charge in [-0.15, -0.1) is 4.28 Å². The first-order valence-electron chi connectivity index (χ1n) is 8.14. The van der Waals surface area contributed by atoms with Crippen molar-refractivity contribution in [2.45, 2.75) is 57.3 Å². The van der Waals surface area contributed by atoms with E-state index >= 15 is 0 Å². The lowest BCUT2D eigenvalue weighted by Gasteiger charge is -2.34. The van der Waals surface area contributed by atoms with Crippen LogP contribution in [0.3, 0.4) is 0 Å². The van der Waals surface area contributed by atoms with Gasteiger partial charge >= 0.3 is 16.4 Å². The first kappa shape index (κ1) is 21.7. The molecule has 11 nitrogen and oxygen atoms in total. The van der Waals surface area contributed by atoms with Crippen LogP contribution in [0, 0.1) is 0 Å². The number of nitrogens with one attached hydrogen (secondary N) is 2. The smallest absolute Gasteiger partial charge is 0.310 e. The number of fused-ring (bicyclic) bond motifs is 2. The second kappa shape index (κ2) is 7.79. The summed E-state index contributed by atoms with van der Waals surface area (Å²) < 4.78 is 62.8. The monoisotopic (exact) mass is 416 g/mol. The number of amides is 3. The summed E-state index contributed by atoms with van der Waals surface area (Å²) in [5, 5.41) is 2.98. The summed E-state index contributed by atoms with van der Waals surface area (Å²) in [6.07, 6.45) is -1.05. The number of urea groups is 1. The van der Waals surface area contributed by atoms with E-state index in [1.165, 1.54) is 0 Å². The second-order valence-corrected chi connectivity index (χ2v) is 7.76. The number of piperidine rings is 1. The van der Waals surface area contributed by atoms with Gasteiger partial charge in [-0.3, -0.25) is 14.2 Å². The van der Waals surface area contributed by atoms with E-state index in [0.29, 0.717) is 0 Å². The maximum absolute atomic E-state index is 14.3. The van der Waals surface area contributed by atoms with E-state index in [-0.39, 0.29) is 23.8 Å². The fourth-order valence-corrected chi connectivity index (χ4v) is 3.38. The zero-order valence-corrected chi connectivity index (χ0v) is 15.7. The summed E-state index contributed by atoms with van der Waals surface area (Å²) in [7, 11) is -5.19. The molecule has 0 spiro atoms. The molecule has 2 fully saturated rings. The maximum atomic E-state index is 14.3. The highest BCUT2D eigenvalue weighted by Crippen LogP contribution is 2.40. The first-order valence-corrected chi connectivity index (χ1v) is 9.50. The molecule has 3 N–H and O–H groups in total. The Hall–Kier alpha value is -1.61. The predicted octanol–water partition coefficient (Wildman–Crippen LogP) is -0.331. The molecule has 3 atom stereocenters. The summed E-state index contributed by atoms with van der Waals surface area (Å²) in [5.74, 6) is -4.60. The highest BCUT2D eigenvalue weighted by Gasteiger charge is 2.62. The molecule has 27 heavy (non-hydrogen) atoms. The quantitative estimate of drug-likeness (QED) is 0.361. The van der Waals surface area contributed by atoms with Crippen LogP contribution in [0.25, 0.3) is 0 Å². The summed E-state index contributed by atoms with van der Waals surface area (Å²) in [4.78, 5) is 30.1. The molecular weight excluding hydrogens is 394 g/mol. The molecule has 3 amide bonds. The van der Waals surface area contributed by atoms with E-state index < -0.39 is 53.3 Å². The summed E-state index contributed by atoms with van der Waals surface area (Å²) in [6.45, 7) is 5.02. The van der Waals surface area contributed by atoms with Gasteiger partial charge in [-0.25, -0.2) is 19.1 Å². The standard InChI is InChI=1S/C13H22F2N4O7S/c1-7(2)16-8(3)6-25-17-11(20)9-4-13(14,15)10-5-18(9)12(21)19(10)26-27(22,23)24/h7-10,16H,4-6H2,1-3H3,(H,17,20)(H,22,23,24). The zero-order valence-electron chi connectivity index (χ0n) is 14.9. The molecule has 14 heteroatoms. The van der Waals surface area contributed by atoms with E-state index in [4.69, 9.17) is 9.39 Å². The maximum Gasteiger partial charge on any atom is 0.418 e. The largest absolute Gasteiger partial charge is 0.418 e. The van der Waals surface area contributed by atoms with Crippen LogP contribution in [0.4, 0.5) is 13.6 Å². The Morgan fingerprint density at radius 3 is 2.59 bits per heavy atom. The third-order valence-electron chi connectivity index (χ3n) is 4.02. The zero-order chi connectivity index (χ0) is 20.6. The summed E-state index contributed by atoms with van der Waals surface area (Å²) >= 11 is 0. The van der Waals surface area contributed by atoms with Crippen LogP contribution >= 0.6 is 0 Å². The van der Waals surface area contributed by atoms with Gasteiger partial charge in [-0.2, -0.15) is 13.5 Å². The van der Waals surface area contributed by atoms with Crippen molar-refractivity contribution in [3.05, 3.63) is 0 Å². The number of halogens is 2. The number of nitrogens with zero attached hydrogens (tertiary/aromatic N) is 2. The molecule has 156 valence electrons. The van der Waals surface area contributed by atoms with Crippen molar-refractivity contribution in [2.75, 3.05) is 13.2 Å². The van der Waals surface area contributed by atoms with E-state index in [0.717, 1.165) is 4.90 Å². The van der Waals surface area contributed by atoms with Crippen molar-refractivity contribution >= 4 is 22.3 Å². The highest BCUT2D eigenvalue weighted by molar-refractivity contribution is 7.80. The molecule has 0 aromatic heterocycles. The summed E-state index contributed by atoms with van der Waals surface area (Å²) in [6, 6.07) is -4.78. The molecule has 2 heterocycles. The summed E-state index contributed by atoms with van der Waals surface area (Å²) in [5.41, 5.74) is 2.03. The average Bonchev–Trinajstić information content (AvgIpc) is 2.77. The first-order chi connectivity index (χ1) is 12.3. The Balaban J connectivity index is 2.02. The van der Waals surface area contributed by atoms with Gasteiger partial charge in [0.1, 0.15) is 12.1 Å². The van der Waals surface area contributed by atoms with Gasteiger partial charge in [0.2, 0.25) is 0 Å². The van der Waals surface area contributed by atoms with E-state index in [2.05, 4.69) is 9.60 Å². The second-order valence-electron chi connectivity index (χ2n) is 6.76. The van der Waals surface area contributed by atoms with Crippen LogP contribution in [-0.2, 0) is 24.3 Å². The van der Waals surface area contributed by atoms with E-state index in [9.17, 15) is 26.8 Å². The fourth-order valence-electron chi connectivity index (χ4n) is 3.01. The number of rotatable bonds is 8. The van der Waals surface area contributed by atoms with Crippen LogP contribution in [0.2, 0.25) is 0 Å². The third kappa shape index (κ3) is 5.22. The normalized spacial score (nSPS) is 25.8. The number of hydroxylamine groups is 3. The van der Waals surface area contributed by atoms with Crippen molar-refractivity contribution in [1.82, 2.24) is 20.8 Å². The molecule has 0 radical (unpaired) electrons. The number of carbonyl (C=O) groups is 2. The minimum atomic E-state index is -5.19. The molecule has 2 bridgehead atoms. The molecule has 3 unspecified atom stereocenters. The number of alkyl halides is 2. The van der Waals surface area contributed by atoms with Crippen LogP contribution in [-0.4, -0.2) is 78.1 Å². The minimum absolute atomic E-state index is 0.0571. The number of hydrogen-bond donors (Lipinski definition) is 3. The lowest BCUT2D eigenvalue weighted by Crippen LogP contribution is -2.56. The van der Waals surface area contributed by atoms with Gasteiger partial charge in [0, 0.05) is 18.5 Å². The van der Waals surface area contributed by atoms with Crippen LogP contribution in [0.1, 0.15) is 27.2 Å². The molecule has 0 saturated carbocycles. The molecule has 0 aromatic carbocycles. The van der Waals surface area contributed by atoms with Crippen molar-refractivity contribution in [3.63, 3.8) is 0 Å². The Morgan fingerprint density at radius 2 is 2.04 bits per heavy atom. The number of hydrogen-bond acceptors (Lipinski definition) is 7. The van der Waals surface area contributed by atoms with Gasteiger partial charge < -0.3 is 10.2 Å². The lowest BCUT2D eigenvalue weighted by atomic mass is 9.96. The van der Waals surface area contributed by atoms with Crippen LogP contribution in [0.15, 0.2) is 0 Å². The van der Waals surface area contributed by atoms with Crippen molar-refractivity contribution in [1.29, 1.82) is 0 Å². The Bertz CT molecular complexity index is 690. The Morgan fingerprint density at radius 1 is 1.41 bits per heavy atom. The fraction of sp³-hybridized carbons (Fsp3) is 0.846. The molecule has 2 aliphatic heterocycles. The molecular formula is C13H22F2N4O7S. The van der Waals surface area contributed by atoms with E-state index in [1.54, 1.807) is 6.92 Å². The Kier molecular flexibility index (Phi) is 6.26. The molecule has 0 aliphatic carbocycles. The van der Waals surface area contributed by atoms with Gasteiger partial charge in [0.15, 0.2) is 0 Å². The van der Waals surface area contributed by atoms with Crippen molar-refractivity contribution < 1.29 is 40.5 Å². The number of carbonyl (C=O) groups excluding carboxylic acids is 2. The molecule has 2 aliphatic rings. The van der Waals surface area contributed by atoms with Crippen molar-refractivity contribution in [2.24, 2.45) is 0 Å². The Labute approximate surface area is 154 Å². The van der Waals surface area contributed by atoms with Gasteiger partial charge in [-0.05, 0) is 6.92 Å². The van der Waals surface area contributed by atoms with Gasteiger partial charge in [-0.1, -0.05) is 13.8 Å². The van der Waals surface area contributed by atoms with E-state index in [1.807, 2.05) is 19.3 Å². The minimum Gasteiger partial charge on any atom is -0.310 e. The van der Waals surface area contributed by atoms with Crippen molar-refractivity contribution in [3.8, 4) is 0 Å². The lowest BCUT2D eigenvalue weighted by molar-refractivity contribution is -0.159. The predicted molar refractivity (Wildman–Crippen MR) is 85.5 cm³/mol. The van der Waals surface area contributed by atoms with Gasteiger partial charge in [0.25, 0.3) is 11.8 Å². The SMILES string of the molecule is CC(C)NC(C)CONC(=O)C1CC(F)(F)C2CN1C(=O)N2OS(=O)(=O)O. The highest BCUT2D eigenvalue weighted by atomic mass is 32.3. The molecule has 2 saturated heterocycles. The van der Waals surface area contributed by atoms with Crippen LogP contribution < -0.4 is 10.8 Å².